The van der Waals surface area contributed by atoms with Gasteiger partial charge in [0, 0.05) is 0 Å². The van der Waals surface area contributed by atoms with E-state index in [0.29, 0.717) is 0 Å². The molecule has 3 atom stereocenters. The number of hydrogen-bond donors (Lipinski definition) is 3. The van der Waals surface area contributed by atoms with Crippen LogP contribution in [0.5, 0.6) is 0 Å². The summed E-state index contributed by atoms with van der Waals surface area (Å²) in [4.78, 5) is 26.7. The molecule has 1 amide bonds. The topological polar surface area (TPSA) is 102 Å². The number of nitrogens with two attached hydrogens (primary N) is 1. The van der Waals surface area contributed by atoms with Crippen molar-refractivity contribution in [3.8, 4) is 0 Å². The molecule has 3 unspecified atom stereocenters. The normalized spacial score (nSPS) is 35.6. The lowest BCUT2D eigenvalue weighted by Gasteiger charge is -2.27. The molecule has 1 rings (SSSR count). The van der Waals surface area contributed by atoms with Crippen LogP contribution in [0.4, 0.5) is 0 Å². The molecule has 13 heavy (non-hydrogen) atoms. The number of amides is 1. The lowest BCUT2D eigenvalue weighted by molar-refractivity contribution is -0.146. The highest BCUT2D eigenvalue weighted by atomic mass is 16.7. The summed E-state index contributed by atoms with van der Waals surface area (Å²) in [7, 11) is 0. The van der Waals surface area contributed by atoms with Gasteiger partial charge in [-0.1, -0.05) is 0 Å². The predicted molar refractivity (Wildman–Crippen MR) is 42.4 cm³/mol. The molecule has 6 heteroatoms. The highest BCUT2D eigenvalue weighted by molar-refractivity contribution is 5.92. The lowest BCUT2D eigenvalue weighted by Crippen LogP contribution is -2.59. The summed E-state index contributed by atoms with van der Waals surface area (Å²) in [5.74, 6) is -2.69. The van der Waals surface area contributed by atoms with Gasteiger partial charge < -0.3 is 10.8 Å². The second-order valence-electron chi connectivity index (χ2n) is 3.18. The van der Waals surface area contributed by atoms with Gasteiger partial charge in [-0.15, -0.1) is 0 Å². The van der Waals surface area contributed by atoms with Gasteiger partial charge in [0.15, 0.2) is 0 Å². The van der Waals surface area contributed by atoms with E-state index < -0.39 is 29.4 Å². The molecule has 1 aliphatic heterocycles. The van der Waals surface area contributed by atoms with Crippen molar-refractivity contribution >= 4 is 11.9 Å². The molecule has 0 saturated carbocycles. The third kappa shape index (κ3) is 1.27. The van der Waals surface area contributed by atoms with Crippen LogP contribution in [0.15, 0.2) is 0 Å². The SMILES string of the molecule is CC1ONC(=O)C1(N)C(C)C(=O)O. The van der Waals surface area contributed by atoms with Gasteiger partial charge in [-0.3, -0.25) is 14.4 Å². The monoisotopic (exact) mass is 188 g/mol. The number of carboxylic acids is 1. The minimum Gasteiger partial charge on any atom is -0.481 e. The maximum absolute atomic E-state index is 11.2. The molecule has 0 spiro atoms. The smallest absolute Gasteiger partial charge is 0.308 e. The van der Waals surface area contributed by atoms with Gasteiger partial charge in [-0.05, 0) is 13.8 Å². The number of rotatable bonds is 2. The quantitative estimate of drug-likeness (QED) is 0.508. The Morgan fingerprint density at radius 3 is 2.69 bits per heavy atom. The Balaban J connectivity index is 2.96. The Morgan fingerprint density at radius 1 is 1.85 bits per heavy atom. The minimum atomic E-state index is -1.48. The van der Waals surface area contributed by atoms with Crippen molar-refractivity contribution in [1.29, 1.82) is 0 Å². The average Bonchev–Trinajstić information content (AvgIpc) is 2.32. The van der Waals surface area contributed by atoms with E-state index in [9.17, 15) is 9.59 Å². The van der Waals surface area contributed by atoms with Crippen LogP contribution in [-0.4, -0.2) is 28.6 Å². The first-order valence-corrected chi connectivity index (χ1v) is 3.88. The molecule has 0 aliphatic carbocycles. The molecule has 1 saturated heterocycles. The van der Waals surface area contributed by atoms with Gasteiger partial charge >= 0.3 is 5.97 Å². The second-order valence-corrected chi connectivity index (χ2v) is 3.18. The Labute approximate surface area is 75.0 Å². The number of carboxylic acid groups (broad SMARTS) is 1. The first-order chi connectivity index (χ1) is 5.90. The first kappa shape index (κ1) is 9.94. The summed E-state index contributed by atoms with van der Waals surface area (Å²) in [6.45, 7) is 2.93. The van der Waals surface area contributed by atoms with Gasteiger partial charge in [0.1, 0.15) is 11.6 Å². The molecule has 74 valence electrons. The van der Waals surface area contributed by atoms with Crippen molar-refractivity contribution in [2.75, 3.05) is 0 Å². The minimum absolute atomic E-state index is 0.588. The number of nitrogens with one attached hydrogen (secondary N) is 1. The van der Waals surface area contributed by atoms with Gasteiger partial charge in [0.2, 0.25) is 0 Å². The van der Waals surface area contributed by atoms with E-state index in [-0.39, 0.29) is 0 Å². The Morgan fingerprint density at radius 2 is 2.38 bits per heavy atom. The summed E-state index contributed by atoms with van der Waals surface area (Å²) in [6.07, 6.45) is -0.647. The molecule has 0 aromatic rings. The van der Waals surface area contributed by atoms with Crippen LogP contribution in [0.3, 0.4) is 0 Å². The van der Waals surface area contributed by atoms with E-state index in [4.69, 9.17) is 15.7 Å². The fraction of sp³-hybridized carbons (Fsp3) is 0.714. The number of aliphatic carboxylic acids is 1. The van der Waals surface area contributed by atoms with Crippen molar-refractivity contribution < 1.29 is 19.5 Å². The number of hydroxylamine groups is 1. The maximum Gasteiger partial charge on any atom is 0.308 e. The van der Waals surface area contributed by atoms with E-state index in [1.807, 2.05) is 0 Å². The van der Waals surface area contributed by atoms with Crippen molar-refractivity contribution in [3.63, 3.8) is 0 Å². The van der Waals surface area contributed by atoms with Gasteiger partial charge in [-0.2, -0.15) is 0 Å². The van der Waals surface area contributed by atoms with Crippen LogP contribution in [0.1, 0.15) is 13.8 Å². The zero-order chi connectivity index (χ0) is 10.2. The van der Waals surface area contributed by atoms with E-state index >= 15 is 0 Å². The van der Waals surface area contributed by atoms with Gasteiger partial charge in [-0.25, -0.2) is 5.48 Å². The molecular formula is C7H12N2O4. The summed E-state index contributed by atoms with van der Waals surface area (Å²) in [5, 5.41) is 8.73. The Hall–Kier alpha value is -1.14. The fourth-order valence-electron chi connectivity index (χ4n) is 1.27. The standard InChI is InChI=1S/C7H12N2O4/c1-3(5(10)11)7(8)4(2)13-9-6(7)12/h3-4H,8H2,1-2H3,(H,9,12)(H,10,11). The van der Waals surface area contributed by atoms with Gasteiger partial charge in [0.25, 0.3) is 5.91 Å². The van der Waals surface area contributed by atoms with E-state index in [1.165, 1.54) is 6.92 Å². The highest BCUT2D eigenvalue weighted by Crippen LogP contribution is 2.25. The van der Waals surface area contributed by atoms with Crippen molar-refractivity contribution in [1.82, 2.24) is 5.48 Å². The first-order valence-electron chi connectivity index (χ1n) is 3.88. The zero-order valence-electron chi connectivity index (χ0n) is 7.40. The second kappa shape index (κ2) is 2.97. The highest BCUT2D eigenvalue weighted by Gasteiger charge is 2.53. The molecule has 1 fully saturated rings. The predicted octanol–water partition coefficient (Wildman–Crippen LogP) is -1.15. The van der Waals surface area contributed by atoms with Crippen molar-refractivity contribution in [3.05, 3.63) is 0 Å². The number of carbonyl (C=O) groups excluding carboxylic acids is 1. The summed E-state index contributed by atoms with van der Waals surface area (Å²) >= 11 is 0. The summed E-state index contributed by atoms with van der Waals surface area (Å²) in [5.41, 5.74) is 6.26. The van der Waals surface area contributed by atoms with Crippen LogP contribution in [0, 0.1) is 5.92 Å². The maximum atomic E-state index is 11.2. The molecule has 0 radical (unpaired) electrons. The molecule has 4 N–H and O–H groups in total. The molecule has 0 aromatic heterocycles. The Bertz CT molecular complexity index is 255. The fourth-order valence-corrected chi connectivity index (χ4v) is 1.27. The molecule has 6 nitrogen and oxygen atoms in total. The van der Waals surface area contributed by atoms with Crippen LogP contribution in [0.25, 0.3) is 0 Å². The zero-order valence-corrected chi connectivity index (χ0v) is 7.40. The summed E-state index contributed by atoms with van der Waals surface area (Å²) in [6, 6.07) is 0. The molecular weight excluding hydrogens is 176 g/mol. The molecule has 0 aromatic carbocycles. The van der Waals surface area contributed by atoms with E-state index in [0.717, 1.165) is 0 Å². The lowest BCUT2D eigenvalue weighted by atomic mass is 9.82. The van der Waals surface area contributed by atoms with Crippen LogP contribution in [-0.2, 0) is 14.4 Å². The van der Waals surface area contributed by atoms with E-state index in [1.54, 1.807) is 6.92 Å². The van der Waals surface area contributed by atoms with E-state index in [2.05, 4.69) is 5.48 Å². The van der Waals surface area contributed by atoms with Crippen LogP contribution >= 0.6 is 0 Å². The molecule has 1 aliphatic rings. The van der Waals surface area contributed by atoms with Crippen molar-refractivity contribution in [2.24, 2.45) is 11.7 Å². The molecule has 0 bridgehead atoms. The van der Waals surface area contributed by atoms with Gasteiger partial charge in [0.05, 0.1) is 5.92 Å². The van der Waals surface area contributed by atoms with Crippen LogP contribution < -0.4 is 11.2 Å². The van der Waals surface area contributed by atoms with Crippen molar-refractivity contribution in [2.45, 2.75) is 25.5 Å². The largest absolute Gasteiger partial charge is 0.481 e. The average molecular weight is 188 g/mol. The molecule has 1 heterocycles. The van der Waals surface area contributed by atoms with Crippen LogP contribution in [0.2, 0.25) is 0 Å². The third-order valence-electron chi connectivity index (χ3n) is 2.48. The Kier molecular flexibility index (Phi) is 2.27. The third-order valence-corrected chi connectivity index (χ3v) is 2.48. The number of hydrogen-bond acceptors (Lipinski definition) is 4. The number of carbonyl (C=O) groups is 2. The summed E-state index contributed by atoms with van der Waals surface area (Å²) < 4.78 is 0.